The highest BCUT2D eigenvalue weighted by Gasteiger charge is 1.97. The second kappa shape index (κ2) is 10.5. The van der Waals surface area contributed by atoms with Gasteiger partial charge in [0.2, 0.25) is 0 Å². The number of hydrogen-bond donors (Lipinski definition) is 2. The zero-order valence-corrected chi connectivity index (χ0v) is 11.9. The molecular formula is C15H29NO. The molecule has 0 aliphatic rings. The summed E-state index contributed by atoms with van der Waals surface area (Å²) in [5.41, 5.74) is 2.93. The van der Waals surface area contributed by atoms with Crippen molar-refractivity contribution in [2.45, 2.75) is 65.5 Å². The van der Waals surface area contributed by atoms with E-state index in [-0.39, 0.29) is 6.23 Å². The first-order chi connectivity index (χ1) is 8.10. The van der Waals surface area contributed by atoms with Gasteiger partial charge in [0.25, 0.3) is 0 Å². The summed E-state index contributed by atoms with van der Waals surface area (Å²) in [4.78, 5) is 0. The molecule has 1 atom stereocenters. The van der Waals surface area contributed by atoms with E-state index in [2.05, 4.69) is 38.2 Å². The fourth-order valence-electron chi connectivity index (χ4n) is 1.78. The molecule has 0 saturated heterocycles. The molecule has 0 amide bonds. The largest absolute Gasteiger partial charge is 0.379 e. The Morgan fingerprint density at radius 1 is 1.12 bits per heavy atom. The van der Waals surface area contributed by atoms with E-state index in [9.17, 15) is 5.11 Å². The number of nitrogens with one attached hydrogen (secondary N) is 1. The first-order valence-electron chi connectivity index (χ1n) is 6.76. The topological polar surface area (TPSA) is 32.3 Å². The summed E-state index contributed by atoms with van der Waals surface area (Å²) in [6, 6.07) is 0. The van der Waals surface area contributed by atoms with Gasteiger partial charge in [0.15, 0.2) is 0 Å². The lowest BCUT2D eigenvalue weighted by molar-refractivity contribution is 0.138. The molecule has 0 radical (unpaired) electrons. The molecule has 0 saturated carbocycles. The predicted octanol–water partition coefficient (Wildman–Crippen LogP) is 3.78. The predicted molar refractivity (Wildman–Crippen MR) is 76.0 cm³/mol. The molecule has 0 aliphatic carbocycles. The Kier molecular flexibility index (Phi) is 10.2. The molecule has 0 bridgehead atoms. The van der Waals surface area contributed by atoms with Gasteiger partial charge in [0.05, 0.1) is 0 Å². The van der Waals surface area contributed by atoms with Crippen molar-refractivity contribution in [1.82, 2.24) is 5.32 Å². The summed E-state index contributed by atoms with van der Waals surface area (Å²) in [6.45, 7) is 6.61. The van der Waals surface area contributed by atoms with Crippen LogP contribution in [-0.4, -0.2) is 18.4 Å². The van der Waals surface area contributed by atoms with Crippen LogP contribution < -0.4 is 5.32 Å². The molecular weight excluding hydrogens is 210 g/mol. The first kappa shape index (κ1) is 16.4. The number of allylic oxidation sites excluding steroid dienone is 4. The zero-order chi connectivity index (χ0) is 13.1. The molecule has 2 heteroatoms. The molecule has 0 fully saturated rings. The molecule has 2 nitrogen and oxygen atoms in total. The van der Waals surface area contributed by atoms with Crippen molar-refractivity contribution in [1.29, 1.82) is 0 Å². The van der Waals surface area contributed by atoms with E-state index in [0.717, 1.165) is 25.7 Å². The van der Waals surface area contributed by atoms with E-state index in [1.165, 1.54) is 24.0 Å². The van der Waals surface area contributed by atoms with Crippen molar-refractivity contribution in [3.8, 4) is 0 Å². The molecule has 0 aromatic carbocycles. The summed E-state index contributed by atoms with van der Waals surface area (Å²) in [5.74, 6) is 0. The van der Waals surface area contributed by atoms with Crippen LogP contribution in [0, 0.1) is 0 Å². The Morgan fingerprint density at radius 2 is 1.71 bits per heavy atom. The molecule has 100 valence electrons. The standard InChI is InChI=1S/C15H29NO/c1-5-8-13(2)9-6-10-14(3)11-7-12-15(17)16-4/h9,11,15-17H,5-8,10,12H2,1-4H3/b13-9+,14-11+. The molecule has 0 rings (SSSR count). The normalized spacial score (nSPS) is 15.1. The van der Waals surface area contributed by atoms with Crippen LogP contribution in [0.3, 0.4) is 0 Å². The number of hydrogen-bond acceptors (Lipinski definition) is 2. The minimum Gasteiger partial charge on any atom is -0.379 e. The zero-order valence-electron chi connectivity index (χ0n) is 11.9. The summed E-state index contributed by atoms with van der Waals surface area (Å²) >= 11 is 0. The maximum Gasteiger partial charge on any atom is 0.104 e. The third-order valence-corrected chi connectivity index (χ3v) is 2.94. The molecule has 0 aliphatic heterocycles. The molecule has 2 N–H and O–H groups in total. The highest BCUT2D eigenvalue weighted by Crippen LogP contribution is 2.11. The highest BCUT2D eigenvalue weighted by molar-refractivity contribution is 5.03. The van der Waals surface area contributed by atoms with Crippen LogP contribution in [0.1, 0.15) is 59.3 Å². The van der Waals surface area contributed by atoms with Gasteiger partial charge in [-0.05, 0) is 53.0 Å². The van der Waals surface area contributed by atoms with Crippen LogP contribution in [0.5, 0.6) is 0 Å². The van der Waals surface area contributed by atoms with Gasteiger partial charge in [0, 0.05) is 0 Å². The smallest absolute Gasteiger partial charge is 0.104 e. The fourth-order valence-corrected chi connectivity index (χ4v) is 1.78. The van der Waals surface area contributed by atoms with Crippen LogP contribution in [-0.2, 0) is 0 Å². The van der Waals surface area contributed by atoms with E-state index < -0.39 is 0 Å². The summed E-state index contributed by atoms with van der Waals surface area (Å²) in [6.07, 6.45) is 10.7. The molecule has 0 aromatic heterocycles. The van der Waals surface area contributed by atoms with Gasteiger partial charge in [-0.15, -0.1) is 0 Å². The summed E-state index contributed by atoms with van der Waals surface area (Å²) in [7, 11) is 1.78. The first-order valence-corrected chi connectivity index (χ1v) is 6.76. The second-order valence-electron chi connectivity index (χ2n) is 4.77. The van der Waals surface area contributed by atoms with E-state index in [0.29, 0.717) is 0 Å². The van der Waals surface area contributed by atoms with Crippen molar-refractivity contribution in [3.63, 3.8) is 0 Å². The van der Waals surface area contributed by atoms with E-state index in [1.54, 1.807) is 7.05 Å². The Bertz CT molecular complexity index is 243. The molecule has 17 heavy (non-hydrogen) atoms. The number of rotatable bonds is 9. The average Bonchev–Trinajstić information content (AvgIpc) is 2.29. The molecule has 0 aromatic rings. The van der Waals surface area contributed by atoms with Gasteiger partial charge in [-0.1, -0.05) is 36.6 Å². The lowest BCUT2D eigenvalue weighted by Gasteiger charge is -2.06. The Balaban J connectivity index is 3.74. The van der Waals surface area contributed by atoms with Gasteiger partial charge in [-0.25, -0.2) is 0 Å². The van der Waals surface area contributed by atoms with Crippen LogP contribution in [0.4, 0.5) is 0 Å². The van der Waals surface area contributed by atoms with Crippen molar-refractivity contribution < 1.29 is 5.11 Å². The van der Waals surface area contributed by atoms with E-state index >= 15 is 0 Å². The minimum atomic E-state index is -0.370. The van der Waals surface area contributed by atoms with E-state index in [4.69, 9.17) is 0 Å². The lowest BCUT2D eigenvalue weighted by Crippen LogP contribution is -2.23. The maximum absolute atomic E-state index is 9.33. The second-order valence-corrected chi connectivity index (χ2v) is 4.77. The Labute approximate surface area is 107 Å². The van der Waals surface area contributed by atoms with Crippen LogP contribution in [0.2, 0.25) is 0 Å². The maximum atomic E-state index is 9.33. The van der Waals surface area contributed by atoms with Crippen LogP contribution >= 0.6 is 0 Å². The van der Waals surface area contributed by atoms with Crippen molar-refractivity contribution in [2.24, 2.45) is 0 Å². The third kappa shape index (κ3) is 10.3. The van der Waals surface area contributed by atoms with Gasteiger partial charge in [0.1, 0.15) is 6.23 Å². The van der Waals surface area contributed by atoms with Crippen molar-refractivity contribution >= 4 is 0 Å². The van der Waals surface area contributed by atoms with Gasteiger partial charge in [-0.3, -0.25) is 5.32 Å². The Morgan fingerprint density at radius 3 is 2.29 bits per heavy atom. The fraction of sp³-hybridized carbons (Fsp3) is 0.733. The molecule has 1 unspecified atom stereocenters. The monoisotopic (exact) mass is 239 g/mol. The average molecular weight is 239 g/mol. The lowest BCUT2D eigenvalue weighted by atomic mass is 10.1. The molecule has 0 spiro atoms. The quantitative estimate of drug-likeness (QED) is 0.474. The van der Waals surface area contributed by atoms with E-state index in [1.807, 2.05) is 0 Å². The molecule has 0 heterocycles. The van der Waals surface area contributed by atoms with Gasteiger partial charge < -0.3 is 5.11 Å². The Hall–Kier alpha value is -0.600. The summed E-state index contributed by atoms with van der Waals surface area (Å²) < 4.78 is 0. The summed E-state index contributed by atoms with van der Waals surface area (Å²) in [5, 5.41) is 12.2. The van der Waals surface area contributed by atoms with Crippen LogP contribution in [0.25, 0.3) is 0 Å². The SMILES string of the molecule is CCC/C(C)=C/CC/C(C)=C/CCC(O)NC. The van der Waals surface area contributed by atoms with Crippen LogP contribution in [0.15, 0.2) is 23.3 Å². The van der Waals surface area contributed by atoms with Crippen molar-refractivity contribution in [3.05, 3.63) is 23.3 Å². The minimum absolute atomic E-state index is 0.370. The van der Waals surface area contributed by atoms with Gasteiger partial charge in [-0.2, -0.15) is 0 Å². The van der Waals surface area contributed by atoms with Crippen molar-refractivity contribution in [2.75, 3.05) is 7.05 Å². The van der Waals surface area contributed by atoms with Gasteiger partial charge >= 0.3 is 0 Å². The number of aliphatic hydroxyl groups is 1. The highest BCUT2D eigenvalue weighted by atomic mass is 16.3. The number of aliphatic hydroxyl groups excluding tert-OH is 1. The third-order valence-electron chi connectivity index (χ3n) is 2.94.